The summed E-state index contributed by atoms with van der Waals surface area (Å²) in [5, 5.41) is 7.98. The van der Waals surface area contributed by atoms with Crippen LogP contribution in [0.2, 0.25) is 0 Å². The van der Waals surface area contributed by atoms with Gasteiger partial charge < -0.3 is 10.2 Å². The molecule has 1 aliphatic heterocycles. The lowest BCUT2D eigenvalue weighted by Gasteiger charge is -2.15. The Hall–Kier alpha value is -2.37. The summed E-state index contributed by atoms with van der Waals surface area (Å²) in [5.41, 5.74) is 1.85. The molecule has 0 atom stereocenters. The average molecular weight is 341 g/mol. The zero-order chi connectivity index (χ0) is 17.5. The first-order valence-corrected chi connectivity index (χ1v) is 9.31. The number of fused-ring (bicyclic) bond motifs is 1. The first-order valence-electron chi connectivity index (χ1n) is 9.31. The van der Waals surface area contributed by atoms with Crippen molar-refractivity contribution >= 4 is 23.4 Å². The number of aromatic nitrogens is 3. The molecule has 0 radical (unpaired) electrons. The second kappa shape index (κ2) is 8.65. The van der Waals surface area contributed by atoms with Gasteiger partial charge >= 0.3 is 0 Å². The van der Waals surface area contributed by atoms with Gasteiger partial charge in [-0.2, -0.15) is 0 Å². The van der Waals surface area contributed by atoms with E-state index in [-0.39, 0.29) is 5.91 Å². The van der Waals surface area contributed by atoms with Gasteiger partial charge in [0.1, 0.15) is 5.82 Å². The molecular weight excluding hydrogens is 314 g/mol. The third-order valence-corrected chi connectivity index (χ3v) is 4.48. The number of unbranched alkanes of at least 4 members (excludes halogenated alkanes) is 2. The summed E-state index contributed by atoms with van der Waals surface area (Å²) in [5.74, 6) is 1.12. The zero-order valence-electron chi connectivity index (χ0n) is 14.9. The van der Waals surface area contributed by atoms with Crippen molar-refractivity contribution in [2.45, 2.75) is 45.4 Å². The molecule has 0 saturated carbocycles. The molecular formula is C19H27N5O. The molecule has 6 nitrogen and oxygen atoms in total. The normalized spacial score (nSPS) is 14.9. The number of anilines is 1. The number of hydrogen-bond donors (Lipinski definition) is 1. The van der Waals surface area contributed by atoms with Crippen LogP contribution in [0.1, 0.15) is 51.1 Å². The summed E-state index contributed by atoms with van der Waals surface area (Å²) in [6, 6.07) is 3.93. The Labute approximate surface area is 148 Å². The van der Waals surface area contributed by atoms with Gasteiger partial charge in [0, 0.05) is 26.1 Å². The molecule has 0 bridgehead atoms. The van der Waals surface area contributed by atoms with E-state index in [1.807, 2.05) is 27.7 Å². The molecule has 0 aromatic carbocycles. The molecule has 2 aromatic rings. The molecule has 3 heterocycles. The summed E-state index contributed by atoms with van der Waals surface area (Å²) in [6.07, 6.45) is 12.2. The lowest BCUT2D eigenvalue weighted by molar-refractivity contribution is -0.127. The van der Waals surface area contributed by atoms with Crippen LogP contribution in [0.15, 0.2) is 24.4 Å². The maximum Gasteiger partial charge on any atom is 0.222 e. The summed E-state index contributed by atoms with van der Waals surface area (Å²) >= 11 is 0. The van der Waals surface area contributed by atoms with Crippen LogP contribution in [0.3, 0.4) is 0 Å². The maximum absolute atomic E-state index is 11.6. The fourth-order valence-corrected chi connectivity index (χ4v) is 3.05. The van der Waals surface area contributed by atoms with Crippen molar-refractivity contribution in [2.24, 2.45) is 0 Å². The summed E-state index contributed by atoms with van der Waals surface area (Å²) in [7, 11) is 0. The molecule has 0 spiro atoms. The number of nitrogens with one attached hydrogen (secondary N) is 1. The first-order chi connectivity index (χ1) is 12.3. The van der Waals surface area contributed by atoms with E-state index in [1.54, 1.807) is 0 Å². The molecule has 25 heavy (non-hydrogen) atoms. The van der Waals surface area contributed by atoms with Gasteiger partial charge in [0.15, 0.2) is 5.65 Å². The molecule has 6 heteroatoms. The summed E-state index contributed by atoms with van der Waals surface area (Å²) in [6.45, 7) is 4.73. The predicted molar refractivity (Wildman–Crippen MR) is 100 cm³/mol. The van der Waals surface area contributed by atoms with Crippen LogP contribution in [0, 0.1) is 0 Å². The molecule has 0 unspecified atom stereocenters. The van der Waals surface area contributed by atoms with Gasteiger partial charge in [0.25, 0.3) is 0 Å². The van der Waals surface area contributed by atoms with E-state index in [4.69, 9.17) is 0 Å². The molecule has 1 saturated heterocycles. The fourth-order valence-electron chi connectivity index (χ4n) is 3.05. The van der Waals surface area contributed by atoms with E-state index in [9.17, 15) is 4.79 Å². The van der Waals surface area contributed by atoms with E-state index >= 15 is 0 Å². The van der Waals surface area contributed by atoms with Crippen molar-refractivity contribution < 1.29 is 4.79 Å². The van der Waals surface area contributed by atoms with E-state index in [0.29, 0.717) is 6.42 Å². The quantitative estimate of drug-likeness (QED) is 0.711. The zero-order valence-corrected chi connectivity index (χ0v) is 14.9. The third-order valence-electron chi connectivity index (χ3n) is 4.48. The second-order valence-corrected chi connectivity index (χ2v) is 6.48. The van der Waals surface area contributed by atoms with Crippen LogP contribution >= 0.6 is 0 Å². The van der Waals surface area contributed by atoms with Gasteiger partial charge in [-0.15, -0.1) is 5.10 Å². The number of allylic oxidation sites excluding steroid dienone is 1. The minimum absolute atomic E-state index is 0.289. The largest absolute Gasteiger partial charge is 0.369 e. The van der Waals surface area contributed by atoms with E-state index in [0.717, 1.165) is 56.1 Å². The lowest BCUT2D eigenvalue weighted by Crippen LogP contribution is -2.27. The van der Waals surface area contributed by atoms with Gasteiger partial charge in [-0.25, -0.2) is 9.50 Å². The number of carbonyl (C=O) groups is 1. The highest BCUT2D eigenvalue weighted by atomic mass is 16.2. The van der Waals surface area contributed by atoms with Gasteiger partial charge in [0.05, 0.1) is 11.9 Å². The molecule has 1 N–H and O–H groups in total. The van der Waals surface area contributed by atoms with E-state index < -0.39 is 0 Å². The molecule has 3 rings (SSSR count). The van der Waals surface area contributed by atoms with Gasteiger partial charge in [-0.05, 0) is 37.5 Å². The predicted octanol–water partition coefficient (Wildman–Crippen LogP) is 3.36. The van der Waals surface area contributed by atoms with Crippen LogP contribution in [0.5, 0.6) is 0 Å². The Morgan fingerprint density at radius 1 is 1.32 bits per heavy atom. The number of likely N-dealkylation sites (tertiary alicyclic amines) is 1. The number of rotatable bonds is 9. The third kappa shape index (κ3) is 4.59. The second-order valence-electron chi connectivity index (χ2n) is 6.48. The van der Waals surface area contributed by atoms with Gasteiger partial charge in [-0.1, -0.05) is 25.8 Å². The van der Waals surface area contributed by atoms with Crippen LogP contribution in [-0.4, -0.2) is 45.0 Å². The standard InChI is InChI=1S/C19H27N5O/c1-2-3-4-5-8-16-15-21-18-11-10-17(22-24(16)18)20-12-7-14-23-13-6-9-19(23)25/h5,8,10-11,15H,2-4,6-7,9,12-14H2,1H3,(H,20,22)/b8-5+. The SMILES string of the molecule is CCCC/C=C/c1cnc2ccc(NCCCN3CCCC3=O)nn12. The highest BCUT2D eigenvalue weighted by molar-refractivity contribution is 5.78. The highest BCUT2D eigenvalue weighted by Gasteiger charge is 2.18. The van der Waals surface area contributed by atoms with Crippen LogP contribution in [0.25, 0.3) is 11.7 Å². The number of nitrogens with zero attached hydrogens (tertiary/aromatic N) is 4. The number of imidazole rings is 1. The number of hydrogen-bond acceptors (Lipinski definition) is 4. The topological polar surface area (TPSA) is 62.5 Å². The Kier molecular flexibility index (Phi) is 6.04. The molecule has 0 aliphatic carbocycles. The van der Waals surface area contributed by atoms with Crippen molar-refractivity contribution in [3.8, 4) is 0 Å². The Bertz CT molecular complexity index is 736. The van der Waals surface area contributed by atoms with Crippen LogP contribution in [-0.2, 0) is 4.79 Å². The first kappa shape index (κ1) is 17.5. The maximum atomic E-state index is 11.6. The van der Waals surface area contributed by atoms with Crippen molar-refractivity contribution in [3.63, 3.8) is 0 Å². The molecule has 134 valence electrons. The average Bonchev–Trinajstić information content (AvgIpc) is 3.22. The lowest BCUT2D eigenvalue weighted by atomic mass is 10.2. The number of carbonyl (C=O) groups excluding carboxylic acids is 1. The van der Waals surface area contributed by atoms with Gasteiger partial charge in [0.2, 0.25) is 5.91 Å². The number of amides is 1. The van der Waals surface area contributed by atoms with Crippen LogP contribution < -0.4 is 5.32 Å². The van der Waals surface area contributed by atoms with E-state index in [2.05, 4.69) is 34.5 Å². The van der Waals surface area contributed by atoms with Crippen molar-refractivity contribution in [1.29, 1.82) is 0 Å². The fraction of sp³-hybridized carbons (Fsp3) is 0.526. The molecule has 1 aliphatic rings. The summed E-state index contributed by atoms with van der Waals surface area (Å²) < 4.78 is 1.87. The highest BCUT2D eigenvalue weighted by Crippen LogP contribution is 2.12. The Balaban J connectivity index is 1.54. The van der Waals surface area contributed by atoms with E-state index in [1.165, 1.54) is 12.8 Å². The van der Waals surface area contributed by atoms with Gasteiger partial charge in [-0.3, -0.25) is 4.79 Å². The molecule has 2 aromatic heterocycles. The summed E-state index contributed by atoms with van der Waals surface area (Å²) in [4.78, 5) is 17.9. The van der Waals surface area contributed by atoms with Crippen LogP contribution in [0.4, 0.5) is 5.82 Å². The Morgan fingerprint density at radius 2 is 2.24 bits per heavy atom. The minimum atomic E-state index is 0.289. The Morgan fingerprint density at radius 3 is 3.04 bits per heavy atom. The van der Waals surface area contributed by atoms with Crippen molar-refractivity contribution in [3.05, 3.63) is 30.1 Å². The molecule has 1 fully saturated rings. The minimum Gasteiger partial charge on any atom is -0.369 e. The van der Waals surface area contributed by atoms with Crippen molar-refractivity contribution in [1.82, 2.24) is 19.5 Å². The smallest absolute Gasteiger partial charge is 0.222 e. The van der Waals surface area contributed by atoms with Crippen molar-refractivity contribution in [2.75, 3.05) is 25.0 Å². The molecule has 1 amide bonds. The monoisotopic (exact) mass is 341 g/mol.